The summed E-state index contributed by atoms with van der Waals surface area (Å²) in [5, 5.41) is 14.1. The molecule has 1 N–H and O–H groups in total. The summed E-state index contributed by atoms with van der Waals surface area (Å²) in [6, 6.07) is 20.1. The second-order valence-electron chi connectivity index (χ2n) is 8.93. The maximum Gasteiger partial charge on any atom is 0.291 e. The summed E-state index contributed by atoms with van der Waals surface area (Å²) in [7, 11) is 1.49. The lowest BCUT2D eigenvalue weighted by Gasteiger charge is -2.14. The van der Waals surface area contributed by atoms with Crippen LogP contribution in [-0.2, 0) is 6.61 Å². The van der Waals surface area contributed by atoms with Gasteiger partial charge in [-0.1, -0.05) is 38.1 Å². The van der Waals surface area contributed by atoms with E-state index in [1.165, 1.54) is 31.4 Å². The van der Waals surface area contributed by atoms with E-state index < -0.39 is 10.8 Å². The molecule has 1 aromatic heterocycles. The van der Waals surface area contributed by atoms with Gasteiger partial charge in [-0.3, -0.25) is 14.9 Å². The fourth-order valence-corrected chi connectivity index (χ4v) is 3.81. The molecule has 1 amide bonds. The minimum atomic E-state index is -0.571. The minimum absolute atomic E-state index is 0.0376. The SMILES string of the molecule is COc1ccccc1Oc1cc(NC(=O)c2ccc(COc3cc(C)ccc3C(C)C)o2)cc([N+](=O)[O-])c1. The summed E-state index contributed by atoms with van der Waals surface area (Å²) in [5.74, 6) is 1.97. The highest BCUT2D eigenvalue weighted by atomic mass is 16.6. The predicted molar refractivity (Wildman–Crippen MR) is 142 cm³/mol. The Hall–Kier alpha value is -4.79. The molecule has 0 spiro atoms. The quantitative estimate of drug-likeness (QED) is 0.174. The molecule has 1 heterocycles. The van der Waals surface area contributed by atoms with Crippen LogP contribution in [-0.4, -0.2) is 17.9 Å². The first kappa shape index (κ1) is 26.3. The number of carbonyl (C=O) groups is 1. The van der Waals surface area contributed by atoms with Crippen molar-refractivity contribution in [2.75, 3.05) is 12.4 Å². The third-order valence-electron chi connectivity index (χ3n) is 5.70. The number of non-ortho nitro benzene ring substituents is 1. The normalized spacial score (nSPS) is 10.8. The van der Waals surface area contributed by atoms with Gasteiger partial charge >= 0.3 is 0 Å². The summed E-state index contributed by atoms with van der Waals surface area (Å²) >= 11 is 0. The number of ether oxygens (including phenoxy) is 3. The lowest BCUT2D eigenvalue weighted by Crippen LogP contribution is -2.11. The summed E-state index contributed by atoms with van der Waals surface area (Å²) in [4.78, 5) is 23.8. The van der Waals surface area contributed by atoms with Gasteiger partial charge in [0.25, 0.3) is 11.6 Å². The monoisotopic (exact) mass is 516 g/mol. The number of methoxy groups -OCH3 is 1. The molecule has 3 aromatic carbocycles. The molecule has 0 atom stereocenters. The number of aryl methyl sites for hydroxylation is 1. The van der Waals surface area contributed by atoms with Crippen molar-refractivity contribution < 1.29 is 28.3 Å². The molecule has 0 aliphatic rings. The van der Waals surface area contributed by atoms with Gasteiger partial charge in [0.05, 0.1) is 23.8 Å². The molecule has 0 saturated heterocycles. The van der Waals surface area contributed by atoms with Crippen LogP contribution in [0.25, 0.3) is 0 Å². The van der Waals surface area contributed by atoms with Gasteiger partial charge in [0.15, 0.2) is 17.3 Å². The van der Waals surface area contributed by atoms with E-state index in [9.17, 15) is 14.9 Å². The van der Waals surface area contributed by atoms with Crippen LogP contribution in [0.5, 0.6) is 23.0 Å². The molecule has 0 bridgehead atoms. The molecule has 0 unspecified atom stereocenters. The number of hydrogen-bond acceptors (Lipinski definition) is 7. The van der Waals surface area contributed by atoms with E-state index in [1.54, 1.807) is 30.3 Å². The Bertz CT molecular complexity index is 1460. The van der Waals surface area contributed by atoms with Crippen molar-refractivity contribution in [3.8, 4) is 23.0 Å². The van der Waals surface area contributed by atoms with Gasteiger partial charge in [-0.05, 0) is 54.3 Å². The number of furan rings is 1. The van der Waals surface area contributed by atoms with Gasteiger partial charge in [-0.15, -0.1) is 0 Å². The first-order valence-corrected chi connectivity index (χ1v) is 12.0. The average Bonchev–Trinajstić information content (AvgIpc) is 3.37. The Labute approximate surface area is 220 Å². The zero-order valence-electron chi connectivity index (χ0n) is 21.5. The first-order valence-electron chi connectivity index (χ1n) is 12.0. The number of rotatable bonds is 10. The Balaban J connectivity index is 1.48. The highest BCUT2D eigenvalue weighted by molar-refractivity contribution is 6.02. The predicted octanol–water partition coefficient (Wildman–Crippen LogP) is 7.25. The Kier molecular flexibility index (Phi) is 7.96. The van der Waals surface area contributed by atoms with Crippen LogP contribution >= 0.6 is 0 Å². The molecule has 9 nitrogen and oxygen atoms in total. The number of amides is 1. The second kappa shape index (κ2) is 11.5. The summed E-state index contributed by atoms with van der Waals surface area (Å²) in [6.45, 7) is 6.32. The number of nitro benzene ring substituents is 1. The molecule has 0 fully saturated rings. The number of nitro groups is 1. The Morgan fingerprint density at radius 1 is 1.00 bits per heavy atom. The van der Waals surface area contributed by atoms with Gasteiger partial charge in [0.1, 0.15) is 23.9 Å². The van der Waals surface area contributed by atoms with Crippen molar-refractivity contribution in [2.24, 2.45) is 0 Å². The topological polar surface area (TPSA) is 113 Å². The number of para-hydroxylation sites is 2. The van der Waals surface area contributed by atoms with Crippen molar-refractivity contribution in [3.05, 3.63) is 106 Å². The van der Waals surface area contributed by atoms with Gasteiger partial charge < -0.3 is 23.9 Å². The van der Waals surface area contributed by atoms with Gasteiger partial charge in [0.2, 0.25) is 0 Å². The molecule has 4 aromatic rings. The van der Waals surface area contributed by atoms with E-state index >= 15 is 0 Å². The Morgan fingerprint density at radius 2 is 1.76 bits per heavy atom. The number of nitrogens with one attached hydrogen (secondary N) is 1. The zero-order valence-corrected chi connectivity index (χ0v) is 21.5. The van der Waals surface area contributed by atoms with Crippen LogP contribution in [0, 0.1) is 17.0 Å². The first-order chi connectivity index (χ1) is 18.2. The number of benzene rings is 3. The van der Waals surface area contributed by atoms with E-state index in [0.717, 1.165) is 16.9 Å². The van der Waals surface area contributed by atoms with Crippen LogP contribution in [0.3, 0.4) is 0 Å². The molecule has 0 saturated carbocycles. The van der Waals surface area contributed by atoms with Crippen LogP contribution in [0.1, 0.15) is 47.2 Å². The van der Waals surface area contributed by atoms with Gasteiger partial charge in [-0.25, -0.2) is 0 Å². The van der Waals surface area contributed by atoms with Crippen molar-refractivity contribution >= 4 is 17.3 Å². The maximum absolute atomic E-state index is 12.9. The molecular formula is C29H28N2O7. The van der Waals surface area contributed by atoms with Crippen molar-refractivity contribution in [1.29, 1.82) is 0 Å². The molecule has 9 heteroatoms. The lowest BCUT2D eigenvalue weighted by molar-refractivity contribution is -0.384. The third kappa shape index (κ3) is 6.31. The van der Waals surface area contributed by atoms with E-state index in [-0.39, 0.29) is 35.4 Å². The van der Waals surface area contributed by atoms with Crippen molar-refractivity contribution in [3.63, 3.8) is 0 Å². The Morgan fingerprint density at radius 3 is 2.47 bits per heavy atom. The number of anilines is 1. The molecule has 4 rings (SSSR count). The standard InChI is InChI=1S/C29H28N2O7/c1-18(2)24-11-9-19(3)13-28(24)36-17-22-10-12-27(37-22)29(32)30-20-14-21(31(33)34)16-23(15-20)38-26-8-6-5-7-25(26)35-4/h5-16,18H,17H2,1-4H3,(H,30,32). The van der Waals surface area contributed by atoms with E-state index in [4.69, 9.17) is 18.6 Å². The van der Waals surface area contributed by atoms with Gasteiger partial charge in [0, 0.05) is 12.1 Å². The van der Waals surface area contributed by atoms with E-state index in [2.05, 4.69) is 19.2 Å². The lowest BCUT2D eigenvalue weighted by atomic mass is 10.0. The van der Waals surface area contributed by atoms with Crippen LogP contribution in [0.2, 0.25) is 0 Å². The largest absolute Gasteiger partial charge is 0.493 e. The summed E-state index contributed by atoms with van der Waals surface area (Å²) in [5.41, 5.74) is 2.08. The minimum Gasteiger partial charge on any atom is -0.493 e. The molecule has 0 aliphatic carbocycles. The average molecular weight is 517 g/mol. The smallest absolute Gasteiger partial charge is 0.291 e. The summed E-state index contributed by atoms with van der Waals surface area (Å²) in [6.07, 6.45) is 0. The number of nitrogens with zero attached hydrogens (tertiary/aromatic N) is 1. The molecule has 38 heavy (non-hydrogen) atoms. The fraction of sp³-hybridized carbons (Fsp3) is 0.207. The maximum atomic E-state index is 12.9. The van der Waals surface area contributed by atoms with Crippen LogP contribution in [0.4, 0.5) is 11.4 Å². The molecule has 0 radical (unpaired) electrons. The molecule has 0 aliphatic heterocycles. The number of hydrogen-bond donors (Lipinski definition) is 1. The van der Waals surface area contributed by atoms with E-state index in [1.807, 2.05) is 25.1 Å². The third-order valence-corrected chi connectivity index (χ3v) is 5.70. The highest BCUT2D eigenvalue weighted by Gasteiger charge is 2.17. The summed E-state index contributed by atoms with van der Waals surface area (Å²) < 4.78 is 22.8. The molecule has 196 valence electrons. The van der Waals surface area contributed by atoms with Crippen molar-refractivity contribution in [2.45, 2.75) is 33.3 Å². The number of carbonyl (C=O) groups excluding carboxylic acids is 1. The van der Waals surface area contributed by atoms with Crippen LogP contribution in [0.15, 0.2) is 77.2 Å². The zero-order chi connectivity index (χ0) is 27.2. The highest BCUT2D eigenvalue weighted by Crippen LogP contribution is 2.34. The van der Waals surface area contributed by atoms with E-state index in [0.29, 0.717) is 17.3 Å². The molecular weight excluding hydrogens is 488 g/mol. The fourth-order valence-electron chi connectivity index (χ4n) is 3.81. The van der Waals surface area contributed by atoms with Crippen LogP contribution < -0.4 is 19.5 Å². The van der Waals surface area contributed by atoms with Crippen molar-refractivity contribution in [1.82, 2.24) is 0 Å². The van der Waals surface area contributed by atoms with Gasteiger partial charge in [-0.2, -0.15) is 0 Å². The second-order valence-corrected chi connectivity index (χ2v) is 8.93.